The van der Waals surface area contributed by atoms with E-state index in [9.17, 15) is 21.4 Å². The summed E-state index contributed by atoms with van der Waals surface area (Å²) < 4.78 is 53.8. The number of unbranched alkanes of at least 4 members (excludes halogenated alkanes) is 9. The van der Waals surface area contributed by atoms with Crippen LogP contribution in [0.15, 0.2) is 30.3 Å². The molecule has 0 unspecified atom stereocenters. The summed E-state index contributed by atoms with van der Waals surface area (Å²) in [4.78, 5) is 0. The molecule has 0 amide bonds. The second-order valence-corrected chi connectivity index (χ2v) is 10.4. The van der Waals surface area contributed by atoms with Crippen LogP contribution >= 0.6 is 0 Å². The van der Waals surface area contributed by atoms with Gasteiger partial charge in [-0.15, -0.1) is 0 Å². The Bertz CT molecular complexity index is 630. The molecule has 9 heteroatoms. The molecule has 1 aromatic rings. The predicted molar refractivity (Wildman–Crippen MR) is 103 cm³/mol. The summed E-state index contributed by atoms with van der Waals surface area (Å²) in [6.45, 7) is 2.28. The van der Waals surface area contributed by atoms with E-state index in [4.69, 9.17) is 4.55 Å². The van der Waals surface area contributed by atoms with E-state index in [-0.39, 0.29) is 29.6 Å². The predicted octanol–water partition coefficient (Wildman–Crippen LogP) is 1.49. The van der Waals surface area contributed by atoms with Gasteiger partial charge in [-0.25, -0.2) is 8.42 Å². The van der Waals surface area contributed by atoms with Gasteiger partial charge in [-0.1, -0.05) is 95.0 Å². The van der Waals surface area contributed by atoms with Gasteiger partial charge in [-0.2, -0.15) is 8.42 Å². The molecule has 0 aliphatic carbocycles. The zero-order chi connectivity index (χ0) is 19.9. The van der Waals surface area contributed by atoms with Gasteiger partial charge < -0.3 is 4.55 Å². The van der Waals surface area contributed by atoms with Crippen LogP contribution in [0.4, 0.5) is 0 Å². The van der Waals surface area contributed by atoms with Gasteiger partial charge in [0.1, 0.15) is 0 Å². The van der Waals surface area contributed by atoms with Crippen LogP contribution in [-0.2, 0) is 24.7 Å². The molecule has 1 N–H and O–H groups in total. The molecule has 0 heterocycles. The van der Waals surface area contributed by atoms with Gasteiger partial charge in [0.2, 0.25) is 9.15 Å². The molecule has 0 aliphatic rings. The van der Waals surface area contributed by atoms with Crippen LogP contribution in [0, 0.1) is 0 Å². The first-order valence-corrected chi connectivity index (χ1v) is 12.5. The molecule has 0 radical (unpaired) electrons. The van der Waals surface area contributed by atoms with Crippen LogP contribution in [0.5, 0.6) is 0 Å². The van der Waals surface area contributed by atoms with E-state index in [1.807, 2.05) is 0 Å². The quantitative estimate of drug-likeness (QED) is 0.233. The van der Waals surface area contributed by atoms with Gasteiger partial charge in [-0.05, 0) is 18.4 Å². The smallest absolute Gasteiger partial charge is 0.734 e. The van der Waals surface area contributed by atoms with Crippen LogP contribution < -0.4 is 29.6 Å². The average Bonchev–Trinajstić information content (AvgIpc) is 2.56. The third-order valence-electron chi connectivity index (χ3n) is 3.92. The molecular weight excluding hydrogens is 399 g/mol. The van der Waals surface area contributed by atoms with Crippen LogP contribution in [0.2, 0.25) is 0 Å². The first kappa shape index (κ1) is 29.2. The molecule has 1 rings (SSSR count). The fraction of sp³-hybridized carbons (Fsp3) is 0.667. The van der Waals surface area contributed by atoms with E-state index in [0.717, 1.165) is 0 Å². The van der Waals surface area contributed by atoms with Gasteiger partial charge in [0.25, 0.3) is 0 Å². The zero-order valence-electron chi connectivity index (χ0n) is 16.5. The Kier molecular flexibility index (Phi) is 18.4. The maximum atomic E-state index is 9.31. The number of hydrogen-bond donors (Lipinski definition) is 1. The number of rotatable bonds is 12. The number of hydrogen-bond acceptors (Lipinski definition) is 5. The molecule has 0 saturated heterocycles. The summed E-state index contributed by atoms with van der Waals surface area (Å²) in [6, 6.07) is 10.9. The maximum absolute atomic E-state index is 9.31. The number of benzene rings is 1. The van der Waals surface area contributed by atoms with Crippen LogP contribution in [0.1, 0.15) is 76.7 Å². The Morgan fingerprint density at radius 3 is 1.52 bits per heavy atom. The Labute approximate surface area is 186 Å². The summed E-state index contributed by atoms with van der Waals surface area (Å²) in [6.07, 6.45) is 15.5. The Balaban J connectivity index is 0. The Morgan fingerprint density at radius 1 is 0.778 bits per heavy atom. The summed E-state index contributed by atoms with van der Waals surface area (Å²) >= 11 is 0. The van der Waals surface area contributed by atoms with Crippen molar-refractivity contribution in [2.75, 3.05) is 0 Å². The molecule has 0 aromatic heterocycles. The molecule has 0 spiro atoms. The molecule has 27 heavy (non-hydrogen) atoms. The van der Waals surface area contributed by atoms with E-state index in [0.29, 0.717) is 0 Å². The standard InChI is InChI=1S/C18H30.Na.H2O6S2/c1-2-3-4-5-6-7-8-9-10-12-15-18-16-13-11-14-17-18;;1-7(2,3)8(4,5)6/h11,13-14,16-17H,2-10,12,15H2,1H3;;(H,1,2,3)(H,4,5,6)/q;+1;/p-1. The molecule has 0 aliphatic heterocycles. The van der Waals surface area contributed by atoms with Crippen LogP contribution in [0.25, 0.3) is 0 Å². The second kappa shape index (κ2) is 16.9. The first-order valence-electron chi connectivity index (χ1n) is 9.15. The molecule has 1 aromatic carbocycles. The normalized spacial score (nSPS) is 11.2. The Hall–Kier alpha value is 0.0400. The molecule has 0 fully saturated rings. The van der Waals surface area contributed by atoms with E-state index in [1.54, 1.807) is 0 Å². The largest absolute Gasteiger partial charge is 1.00 e. The fourth-order valence-electron chi connectivity index (χ4n) is 2.46. The van der Waals surface area contributed by atoms with Crippen molar-refractivity contribution in [1.29, 1.82) is 0 Å². The van der Waals surface area contributed by atoms with Gasteiger partial charge in [0.05, 0.1) is 0 Å². The average molecular weight is 431 g/mol. The van der Waals surface area contributed by atoms with E-state index < -0.39 is 18.3 Å². The topological polar surface area (TPSA) is 112 Å². The maximum Gasteiger partial charge on any atom is 1.00 e. The van der Waals surface area contributed by atoms with E-state index >= 15 is 0 Å². The second-order valence-electron chi connectivity index (χ2n) is 6.25. The number of aryl methyl sites for hydroxylation is 1. The van der Waals surface area contributed by atoms with Crippen LogP contribution in [-0.4, -0.2) is 25.9 Å². The van der Waals surface area contributed by atoms with Crippen molar-refractivity contribution >= 4 is 18.3 Å². The van der Waals surface area contributed by atoms with Gasteiger partial charge in [0, 0.05) is 0 Å². The molecular formula is C18H31NaO6S2. The van der Waals surface area contributed by atoms with Gasteiger partial charge >= 0.3 is 38.7 Å². The van der Waals surface area contributed by atoms with Crippen molar-refractivity contribution in [2.24, 2.45) is 0 Å². The molecule has 0 saturated carbocycles. The SMILES string of the molecule is CCCCCCCCCCCCc1ccccc1.O=S(=O)([O-])S(=O)(=O)O.[Na+]. The first-order chi connectivity index (χ1) is 12.2. The summed E-state index contributed by atoms with van der Waals surface area (Å²) in [5.41, 5.74) is 1.50. The van der Waals surface area contributed by atoms with Crippen molar-refractivity contribution in [1.82, 2.24) is 0 Å². The van der Waals surface area contributed by atoms with Crippen LogP contribution in [0.3, 0.4) is 0 Å². The minimum atomic E-state index is -5.56. The van der Waals surface area contributed by atoms with Crippen molar-refractivity contribution < 1.29 is 55.5 Å². The fourth-order valence-corrected chi connectivity index (χ4v) is 2.46. The van der Waals surface area contributed by atoms with E-state index in [1.165, 1.54) is 76.2 Å². The third kappa shape index (κ3) is 17.8. The summed E-state index contributed by atoms with van der Waals surface area (Å²) in [5.74, 6) is 0. The molecule has 0 bridgehead atoms. The molecule has 0 atom stereocenters. The van der Waals surface area contributed by atoms with Crippen molar-refractivity contribution in [3.05, 3.63) is 35.9 Å². The minimum Gasteiger partial charge on any atom is -0.734 e. The zero-order valence-corrected chi connectivity index (χ0v) is 20.1. The monoisotopic (exact) mass is 430 g/mol. The van der Waals surface area contributed by atoms with E-state index in [2.05, 4.69) is 37.3 Å². The Morgan fingerprint density at radius 2 is 1.15 bits per heavy atom. The molecule has 152 valence electrons. The molecule has 6 nitrogen and oxygen atoms in total. The van der Waals surface area contributed by atoms with Gasteiger partial charge in [-0.3, -0.25) is 4.55 Å². The summed E-state index contributed by atoms with van der Waals surface area (Å²) in [5, 5.41) is 0. The van der Waals surface area contributed by atoms with Crippen molar-refractivity contribution in [2.45, 2.75) is 77.6 Å². The summed E-state index contributed by atoms with van der Waals surface area (Å²) in [7, 11) is -11.0. The van der Waals surface area contributed by atoms with Gasteiger partial charge in [0.15, 0.2) is 0 Å². The van der Waals surface area contributed by atoms with Crippen molar-refractivity contribution in [3.63, 3.8) is 0 Å². The third-order valence-corrected chi connectivity index (χ3v) is 5.98. The minimum absolute atomic E-state index is 0. The van der Waals surface area contributed by atoms with Crippen molar-refractivity contribution in [3.8, 4) is 0 Å².